The number of carboxylic acid groups (broad SMARTS) is 1. The fourth-order valence-corrected chi connectivity index (χ4v) is 4.97. The molecule has 1 amide bonds. The molecule has 3 rings (SSSR count). The minimum atomic E-state index is -0.766. The van der Waals surface area contributed by atoms with Crippen molar-refractivity contribution in [3.8, 4) is 0 Å². The number of amides is 1. The van der Waals surface area contributed by atoms with E-state index in [4.69, 9.17) is 0 Å². The van der Waals surface area contributed by atoms with Crippen LogP contribution in [-0.2, 0) is 9.59 Å². The van der Waals surface area contributed by atoms with E-state index in [-0.39, 0.29) is 18.5 Å². The number of rotatable bonds is 4. The van der Waals surface area contributed by atoms with Crippen molar-refractivity contribution in [1.82, 2.24) is 10.2 Å². The van der Waals surface area contributed by atoms with Crippen LogP contribution in [0.5, 0.6) is 0 Å². The molecule has 2 N–H and O–H groups in total. The van der Waals surface area contributed by atoms with Crippen LogP contribution in [0.3, 0.4) is 0 Å². The van der Waals surface area contributed by atoms with Crippen LogP contribution < -0.4 is 5.32 Å². The molecule has 1 heterocycles. The maximum Gasteiger partial charge on any atom is 0.320 e. The molecule has 130 valence electrons. The van der Waals surface area contributed by atoms with Gasteiger partial charge in [-0.2, -0.15) is 0 Å². The van der Waals surface area contributed by atoms with Gasteiger partial charge in [0.2, 0.25) is 5.91 Å². The predicted molar refractivity (Wildman–Crippen MR) is 88.1 cm³/mol. The molecule has 1 aliphatic heterocycles. The molecular formula is C18H30N2O3. The molecule has 23 heavy (non-hydrogen) atoms. The minimum Gasteiger partial charge on any atom is -0.480 e. The fraction of sp³-hybridized carbons (Fsp3) is 0.889. The standard InChI is InChI=1S/C18H30N2O3/c1-12-6-2-4-8-14(12)19-17(21)11-20-15-9-5-3-7-13(15)10-16(20)18(22)23/h12-16H,2-11H2,1H3,(H,19,21)(H,22,23). The zero-order valence-corrected chi connectivity index (χ0v) is 14.2. The Morgan fingerprint density at radius 1 is 1.09 bits per heavy atom. The normalized spacial score (nSPS) is 38.0. The van der Waals surface area contributed by atoms with Crippen molar-refractivity contribution < 1.29 is 14.7 Å². The third-order valence-corrected chi connectivity index (χ3v) is 6.29. The van der Waals surface area contributed by atoms with Crippen molar-refractivity contribution in [2.75, 3.05) is 6.54 Å². The van der Waals surface area contributed by atoms with Gasteiger partial charge >= 0.3 is 5.97 Å². The second kappa shape index (κ2) is 7.20. The lowest BCUT2D eigenvalue weighted by Gasteiger charge is -2.34. The van der Waals surface area contributed by atoms with E-state index < -0.39 is 12.0 Å². The summed E-state index contributed by atoms with van der Waals surface area (Å²) in [4.78, 5) is 26.1. The number of hydrogen-bond acceptors (Lipinski definition) is 3. The van der Waals surface area contributed by atoms with Gasteiger partial charge in [-0.3, -0.25) is 14.5 Å². The van der Waals surface area contributed by atoms with Crippen molar-refractivity contribution in [2.45, 2.75) is 82.8 Å². The molecule has 2 saturated carbocycles. The maximum absolute atomic E-state index is 12.5. The lowest BCUT2D eigenvalue weighted by atomic mass is 9.84. The number of likely N-dealkylation sites (tertiary alicyclic amines) is 1. The summed E-state index contributed by atoms with van der Waals surface area (Å²) in [6.07, 6.45) is 9.91. The number of carbonyl (C=O) groups is 2. The second-order valence-electron chi connectivity index (χ2n) is 7.81. The summed E-state index contributed by atoms with van der Waals surface area (Å²) >= 11 is 0. The summed E-state index contributed by atoms with van der Waals surface area (Å²) in [6, 6.07) is 0.0845. The van der Waals surface area contributed by atoms with Crippen LogP contribution in [0.1, 0.15) is 64.7 Å². The van der Waals surface area contributed by atoms with Gasteiger partial charge < -0.3 is 10.4 Å². The first-order valence-corrected chi connectivity index (χ1v) is 9.34. The van der Waals surface area contributed by atoms with E-state index in [9.17, 15) is 14.7 Å². The average molecular weight is 322 g/mol. The van der Waals surface area contributed by atoms with Crippen LogP contribution in [0.2, 0.25) is 0 Å². The summed E-state index contributed by atoms with van der Waals surface area (Å²) in [5.41, 5.74) is 0. The van der Waals surface area contributed by atoms with Crippen molar-refractivity contribution in [3.63, 3.8) is 0 Å². The first kappa shape index (κ1) is 16.7. The van der Waals surface area contributed by atoms with E-state index in [0.29, 0.717) is 24.3 Å². The van der Waals surface area contributed by atoms with E-state index in [1.165, 1.54) is 25.7 Å². The molecule has 0 bridgehead atoms. The van der Waals surface area contributed by atoms with Crippen molar-refractivity contribution in [2.24, 2.45) is 11.8 Å². The van der Waals surface area contributed by atoms with Gasteiger partial charge in [0.05, 0.1) is 6.54 Å². The molecule has 2 aliphatic carbocycles. The number of hydrogen-bond donors (Lipinski definition) is 2. The van der Waals surface area contributed by atoms with Crippen molar-refractivity contribution in [1.29, 1.82) is 0 Å². The molecule has 5 atom stereocenters. The summed E-state index contributed by atoms with van der Waals surface area (Å²) < 4.78 is 0. The number of fused-ring (bicyclic) bond motifs is 1. The lowest BCUT2D eigenvalue weighted by Crippen LogP contribution is -2.50. The van der Waals surface area contributed by atoms with E-state index in [0.717, 1.165) is 25.7 Å². The molecule has 0 aromatic heterocycles. The largest absolute Gasteiger partial charge is 0.480 e. The zero-order valence-electron chi connectivity index (χ0n) is 14.2. The third-order valence-electron chi connectivity index (χ3n) is 6.29. The van der Waals surface area contributed by atoms with Gasteiger partial charge in [-0.1, -0.05) is 32.6 Å². The van der Waals surface area contributed by atoms with Crippen LogP contribution >= 0.6 is 0 Å². The molecule has 1 saturated heterocycles. The zero-order chi connectivity index (χ0) is 16.4. The van der Waals surface area contributed by atoms with Crippen molar-refractivity contribution >= 4 is 11.9 Å². The quantitative estimate of drug-likeness (QED) is 0.834. The average Bonchev–Trinajstić information content (AvgIpc) is 2.89. The molecule has 0 spiro atoms. The number of nitrogens with zero attached hydrogens (tertiary/aromatic N) is 1. The number of nitrogens with one attached hydrogen (secondary N) is 1. The van der Waals surface area contributed by atoms with E-state index in [1.54, 1.807) is 0 Å². The first-order valence-electron chi connectivity index (χ1n) is 9.34. The van der Waals surface area contributed by atoms with Gasteiger partial charge in [0, 0.05) is 12.1 Å². The van der Waals surface area contributed by atoms with Gasteiger partial charge in [-0.25, -0.2) is 0 Å². The number of carboxylic acids is 1. The van der Waals surface area contributed by atoms with Crippen LogP contribution in [0.4, 0.5) is 0 Å². The summed E-state index contributed by atoms with van der Waals surface area (Å²) in [5, 5.41) is 12.7. The number of carbonyl (C=O) groups excluding carboxylic acids is 1. The Morgan fingerprint density at radius 2 is 1.78 bits per heavy atom. The highest BCUT2D eigenvalue weighted by Crippen LogP contribution is 2.39. The van der Waals surface area contributed by atoms with Gasteiger partial charge in [0.15, 0.2) is 0 Å². The Morgan fingerprint density at radius 3 is 2.52 bits per heavy atom. The smallest absolute Gasteiger partial charge is 0.320 e. The third kappa shape index (κ3) is 3.70. The highest BCUT2D eigenvalue weighted by Gasteiger charge is 2.45. The highest BCUT2D eigenvalue weighted by atomic mass is 16.4. The Hall–Kier alpha value is -1.10. The molecule has 5 unspecified atom stereocenters. The van der Waals surface area contributed by atoms with Crippen LogP contribution in [0.15, 0.2) is 0 Å². The van der Waals surface area contributed by atoms with E-state index >= 15 is 0 Å². The summed E-state index contributed by atoms with van der Waals surface area (Å²) in [5.74, 6) is 0.245. The van der Waals surface area contributed by atoms with Gasteiger partial charge in [-0.05, 0) is 43.9 Å². The molecular weight excluding hydrogens is 292 g/mol. The molecule has 3 fully saturated rings. The Kier molecular flexibility index (Phi) is 5.24. The Balaban J connectivity index is 1.61. The Labute approximate surface area is 138 Å². The van der Waals surface area contributed by atoms with E-state index in [1.807, 2.05) is 4.90 Å². The van der Waals surface area contributed by atoms with Gasteiger partial charge in [0.1, 0.15) is 6.04 Å². The molecule has 5 nitrogen and oxygen atoms in total. The summed E-state index contributed by atoms with van der Waals surface area (Å²) in [6.45, 7) is 2.46. The predicted octanol–water partition coefficient (Wildman–Crippen LogP) is 2.40. The molecule has 0 aromatic rings. The molecule has 0 radical (unpaired) electrons. The monoisotopic (exact) mass is 322 g/mol. The molecule has 0 aromatic carbocycles. The lowest BCUT2D eigenvalue weighted by molar-refractivity contribution is -0.143. The van der Waals surface area contributed by atoms with Gasteiger partial charge in [0.25, 0.3) is 0 Å². The van der Waals surface area contributed by atoms with Crippen LogP contribution in [0, 0.1) is 11.8 Å². The van der Waals surface area contributed by atoms with Gasteiger partial charge in [-0.15, -0.1) is 0 Å². The fourth-order valence-electron chi connectivity index (χ4n) is 4.97. The maximum atomic E-state index is 12.5. The summed E-state index contributed by atoms with van der Waals surface area (Å²) in [7, 11) is 0. The molecule has 5 heteroatoms. The second-order valence-corrected chi connectivity index (χ2v) is 7.81. The van der Waals surface area contributed by atoms with Crippen LogP contribution in [-0.4, -0.2) is 46.6 Å². The number of aliphatic carboxylic acids is 1. The molecule has 3 aliphatic rings. The SMILES string of the molecule is CC1CCCCC1NC(=O)CN1C(C(=O)O)CC2CCCCC21. The first-order chi connectivity index (χ1) is 11.1. The van der Waals surface area contributed by atoms with Crippen molar-refractivity contribution in [3.05, 3.63) is 0 Å². The van der Waals surface area contributed by atoms with E-state index in [2.05, 4.69) is 12.2 Å². The van der Waals surface area contributed by atoms with Crippen LogP contribution in [0.25, 0.3) is 0 Å². The highest BCUT2D eigenvalue weighted by molar-refractivity contribution is 5.80. The Bertz CT molecular complexity index is 454. The topological polar surface area (TPSA) is 69.6 Å². The minimum absolute atomic E-state index is 0.0150.